The fraction of sp³-hybridized carbons (Fsp3) is 0.438. The average molecular weight is 356 g/mol. The van der Waals surface area contributed by atoms with Crippen molar-refractivity contribution in [1.29, 1.82) is 0 Å². The number of benzene rings is 1. The monoisotopic (exact) mass is 355 g/mol. The van der Waals surface area contributed by atoms with Crippen molar-refractivity contribution in [2.75, 3.05) is 25.0 Å². The number of nitrogens with one attached hydrogen (secondary N) is 2. The molecule has 24 heavy (non-hydrogen) atoms. The summed E-state index contributed by atoms with van der Waals surface area (Å²) in [5.41, 5.74) is 0.625. The van der Waals surface area contributed by atoms with Gasteiger partial charge in [-0.25, -0.2) is 0 Å². The summed E-state index contributed by atoms with van der Waals surface area (Å²) >= 11 is 5.78. The lowest BCUT2D eigenvalue weighted by Crippen LogP contribution is -2.44. The molecular weight excluding hydrogens is 334 g/mol. The molecule has 1 aromatic rings. The zero-order chi connectivity index (χ0) is 18.1. The molecule has 8 heteroatoms. The summed E-state index contributed by atoms with van der Waals surface area (Å²) in [6.45, 7) is 3.89. The van der Waals surface area contributed by atoms with Crippen LogP contribution in [0.2, 0.25) is 5.02 Å². The van der Waals surface area contributed by atoms with E-state index in [-0.39, 0.29) is 24.8 Å². The molecule has 0 radical (unpaired) electrons. The fourth-order valence-electron chi connectivity index (χ4n) is 2.03. The van der Waals surface area contributed by atoms with E-state index >= 15 is 0 Å². The van der Waals surface area contributed by atoms with Crippen LogP contribution in [0, 0.1) is 0 Å². The number of nitrogens with zero attached hydrogens (tertiary/aromatic N) is 1. The standard InChI is InChI=1S/C16H22ClN3O4/c1-11(16(23)24)20(10-8-18-12(2)21)9-7-15(22)19-14-5-3-13(17)4-6-14/h3-6,11H,7-10H2,1-2H3,(H,18,21)(H,19,22)(H,23,24). The molecule has 0 saturated heterocycles. The van der Waals surface area contributed by atoms with Crippen molar-refractivity contribution < 1.29 is 19.5 Å². The predicted octanol–water partition coefficient (Wildman–Crippen LogP) is 1.58. The summed E-state index contributed by atoms with van der Waals surface area (Å²) in [6, 6.07) is 5.97. The Morgan fingerprint density at radius 1 is 1.21 bits per heavy atom. The third-order valence-electron chi connectivity index (χ3n) is 3.43. The molecule has 2 amide bonds. The van der Waals surface area contributed by atoms with E-state index < -0.39 is 12.0 Å². The van der Waals surface area contributed by atoms with E-state index in [1.807, 2.05) is 0 Å². The third kappa shape index (κ3) is 7.43. The zero-order valence-corrected chi connectivity index (χ0v) is 14.5. The molecule has 0 spiro atoms. The highest BCUT2D eigenvalue weighted by molar-refractivity contribution is 6.30. The van der Waals surface area contributed by atoms with Gasteiger partial charge in [-0.3, -0.25) is 19.3 Å². The summed E-state index contributed by atoms with van der Waals surface area (Å²) in [4.78, 5) is 35.7. The second-order valence-corrected chi connectivity index (χ2v) is 5.77. The highest BCUT2D eigenvalue weighted by atomic mass is 35.5. The Morgan fingerprint density at radius 3 is 2.38 bits per heavy atom. The minimum absolute atomic E-state index is 0.139. The van der Waals surface area contributed by atoms with Crippen molar-refractivity contribution in [3.05, 3.63) is 29.3 Å². The van der Waals surface area contributed by atoms with Crippen molar-refractivity contribution in [2.45, 2.75) is 26.3 Å². The van der Waals surface area contributed by atoms with E-state index in [1.165, 1.54) is 6.92 Å². The van der Waals surface area contributed by atoms with Gasteiger partial charge in [0.05, 0.1) is 0 Å². The van der Waals surface area contributed by atoms with Crippen LogP contribution >= 0.6 is 11.6 Å². The van der Waals surface area contributed by atoms with Gasteiger partial charge in [0.25, 0.3) is 0 Å². The molecule has 0 aliphatic rings. The number of carbonyl (C=O) groups excluding carboxylic acids is 2. The molecule has 1 unspecified atom stereocenters. The Balaban J connectivity index is 2.52. The summed E-state index contributed by atoms with van der Waals surface area (Å²) in [6.07, 6.45) is 0.139. The number of halogens is 1. The van der Waals surface area contributed by atoms with E-state index in [0.717, 1.165) is 0 Å². The maximum atomic E-state index is 12.0. The topological polar surface area (TPSA) is 98.7 Å². The average Bonchev–Trinajstić information content (AvgIpc) is 2.51. The normalized spacial score (nSPS) is 11.8. The first-order chi connectivity index (χ1) is 11.3. The van der Waals surface area contributed by atoms with Crippen molar-refractivity contribution in [3.8, 4) is 0 Å². The van der Waals surface area contributed by atoms with Crippen LogP contribution in [0.1, 0.15) is 20.3 Å². The second-order valence-electron chi connectivity index (χ2n) is 5.34. The van der Waals surface area contributed by atoms with Crippen molar-refractivity contribution in [3.63, 3.8) is 0 Å². The predicted molar refractivity (Wildman–Crippen MR) is 92.1 cm³/mol. The van der Waals surface area contributed by atoms with Crippen LogP contribution in [0.4, 0.5) is 5.69 Å². The van der Waals surface area contributed by atoms with E-state index in [1.54, 1.807) is 36.1 Å². The Labute approximate surface area is 146 Å². The molecule has 0 bridgehead atoms. The Kier molecular flexibility index (Phi) is 8.21. The van der Waals surface area contributed by atoms with Crippen LogP contribution in [0.5, 0.6) is 0 Å². The van der Waals surface area contributed by atoms with Crippen LogP contribution < -0.4 is 10.6 Å². The van der Waals surface area contributed by atoms with Crippen molar-refractivity contribution in [1.82, 2.24) is 10.2 Å². The number of carbonyl (C=O) groups is 3. The largest absolute Gasteiger partial charge is 0.480 e. The van der Waals surface area contributed by atoms with Gasteiger partial charge < -0.3 is 15.7 Å². The van der Waals surface area contributed by atoms with Gasteiger partial charge in [-0.15, -0.1) is 0 Å². The Hall–Kier alpha value is -2.12. The van der Waals surface area contributed by atoms with Gasteiger partial charge >= 0.3 is 5.97 Å². The number of anilines is 1. The molecule has 0 heterocycles. The molecule has 0 fully saturated rings. The zero-order valence-electron chi connectivity index (χ0n) is 13.7. The lowest BCUT2D eigenvalue weighted by atomic mass is 10.2. The first-order valence-electron chi connectivity index (χ1n) is 7.56. The molecule has 0 aromatic heterocycles. The maximum absolute atomic E-state index is 12.0. The van der Waals surface area contributed by atoms with Gasteiger partial charge in [-0.2, -0.15) is 0 Å². The van der Waals surface area contributed by atoms with E-state index in [0.29, 0.717) is 23.8 Å². The highest BCUT2D eigenvalue weighted by Crippen LogP contribution is 2.13. The van der Waals surface area contributed by atoms with Crippen LogP contribution in [-0.4, -0.2) is 53.5 Å². The molecule has 0 saturated carbocycles. The summed E-state index contributed by atoms with van der Waals surface area (Å²) in [5, 5.41) is 15.1. The van der Waals surface area contributed by atoms with E-state index in [4.69, 9.17) is 16.7 Å². The van der Waals surface area contributed by atoms with Gasteiger partial charge in [0.1, 0.15) is 6.04 Å². The quantitative estimate of drug-likeness (QED) is 0.624. The van der Waals surface area contributed by atoms with Gasteiger partial charge in [0.2, 0.25) is 11.8 Å². The fourth-order valence-corrected chi connectivity index (χ4v) is 2.16. The third-order valence-corrected chi connectivity index (χ3v) is 3.68. The molecular formula is C16H22ClN3O4. The molecule has 1 aromatic carbocycles. The second kappa shape index (κ2) is 9.89. The maximum Gasteiger partial charge on any atom is 0.320 e. The number of carboxylic acid groups (broad SMARTS) is 1. The van der Waals surface area contributed by atoms with E-state index in [9.17, 15) is 14.4 Å². The molecule has 0 aliphatic heterocycles. The van der Waals surface area contributed by atoms with Crippen molar-refractivity contribution >= 4 is 35.1 Å². The summed E-state index contributed by atoms with van der Waals surface area (Å²) in [7, 11) is 0. The van der Waals surface area contributed by atoms with E-state index in [2.05, 4.69) is 10.6 Å². The van der Waals surface area contributed by atoms with Crippen LogP contribution in [0.15, 0.2) is 24.3 Å². The van der Waals surface area contributed by atoms with Crippen LogP contribution in [0.3, 0.4) is 0 Å². The minimum atomic E-state index is -0.976. The van der Waals surface area contributed by atoms with Gasteiger partial charge in [-0.05, 0) is 31.2 Å². The Bertz CT molecular complexity index is 577. The number of hydrogen-bond acceptors (Lipinski definition) is 4. The molecule has 1 rings (SSSR count). The molecule has 7 nitrogen and oxygen atoms in total. The molecule has 132 valence electrons. The number of amides is 2. The summed E-state index contributed by atoms with van der Waals surface area (Å²) < 4.78 is 0. The number of aliphatic carboxylic acids is 1. The van der Waals surface area contributed by atoms with Crippen LogP contribution in [0.25, 0.3) is 0 Å². The van der Waals surface area contributed by atoms with Crippen molar-refractivity contribution in [2.24, 2.45) is 0 Å². The Morgan fingerprint density at radius 2 is 1.83 bits per heavy atom. The van der Waals surface area contributed by atoms with Crippen LogP contribution in [-0.2, 0) is 14.4 Å². The summed E-state index contributed by atoms with van der Waals surface area (Å²) in [5.74, 6) is -1.38. The van der Waals surface area contributed by atoms with Gasteiger partial charge in [0.15, 0.2) is 0 Å². The number of rotatable bonds is 9. The smallest absolute Gasteiger partial charge is 0.320 e. The number of hydrogen-bond donors (Lipinski definition) is 3. The minimum Gasteiger partial charge on any atom is -0.480 e. The highest BCUT2D eigenvalue weighted by Gasteiger charge is 2.21. The lowest BCUT2D eigenvalue weighted by molar-refractivity contribution is -0.142. The molecule has 3 N–H and O–H groups in total. The first kappa shape index (κ1) is 19.9. The van der Waals surface area contributed by atoms with Gasteiger partial charge in [-0.1, -0.05) is 11.6 Å². The molecule has 0 aliphatic carbocycles. The first-order valence-corrected chi connectivity index (χ1v) is 7.94. The lowest BCUT2D eigenvalue weighted by Gasteiger charge is -2.26. The van der Waals surface area contributed by atoms with Gasteiger partial charge in [0, 0.05) is 43.7 Å². The number of carboxylic acids is 1. The SMILES string of the molecule is CC(=O)NCCN(CCC(=O)Nc1ccc(Cl)cc1)C(C)C(=O)O. The molecule has 1 atom stereocenters.